The second-order valence-corrected chi connectivity index (χ2v) is 30.4. The highest BCUT2D eigenvalue weighted by molar-refractivity contribution is 6.38. The molecule has 0 unspecified atom stereocenters. The minimum Gasteiger partial charge on any atom is -0.308 e. The van der Waals surface area contributed by atoms with Gasteiger partial charge >= 0.3 is 0 Å². The molecule has 0 amide bonds. The first-order chi connectivity index (χ1) is 56.5. The summed E-state index contributed by atoms with van der Waals surface area (Å²) in [4.78, 5) is 22.2. The van der Waals surface area contributed by atoms with Crippen molar-refractivity contribution in [2.24, 2.45) is 0 Å². The maximum absolute atomic E-state index is 5.70. The molecule has 0 aliphatic rings. The zero-order valence-electron chi connectivity index (χ0n) is 61.4. The number of benzene rings is 17. The van der Waals surface area contributed by atoms with E-state index in [1.807, 2.05) is 0 Å². The summed E-state index contributed by atoms with van der Waals surface area (Å²) in [5, 5.41) is 16.4. The molecule has 0 N–H and O–H groups in total. The molecular formula is C106H62N8. The van der Waals surface area contributed by atoms with Crippen LogP contribution in [0.25, 0.3) is 243 Å². The summed E-state index contributed by atoms with van der Waals surface area (Å²) in [5.74, 6) is 1.25. The molecule has 0 saturated heterocycles. The number of hydrogen-bond acceptors (Lipinski definition) is 4. The highest BCUT2D eigenvalue weighted by Gasteiger charge is 2.30. The molecule has 114 heavy (non-hydrogen) atoms. The summed E-state index contributed by atoms with van der Waals surface area (Å²) in [6.45, 7) is 0. The van der Waals surface area contributed by atoms with Gasteiger partial charge in [-0.15, -0.1) is 0 Å². The zero-order chi connectivity index (χ0) is 74.4. The van der Waals surface area contributed by atoms with E-state index in [4.69, 9.17) is 19.9 Å². The van der Waals surface area contributed by atoms with Crippen LogP contribution in [0.15, 0.2) is 376 Å². The average molecular weight is 1450 g/mol. The van der Waals surface area contributed by atoms with E-state index < -0.39 is 0 Å². The van der Waals surface area contributed by atoms with Crippen LogP contribution in [0.2, 0.25) is 0 Å². The highest BCUT2D eigenvalue weighted by Crippen LogP contribution is 2.51. The first kappa shape index (κ1) is 62.5. The Kier molecular flexibility index (Phi) is 13.2. The van der Waals surface area contributed by atoms with E-state index in [9.17, 15) is 0 Å². The maximum atomic E-state index is 5.70. The quantitative estimate of drug-likeness (QED) is 0.137. The van der Waals surface area contributed by atoms with Crippen molar-refractivity contribution in [2.45, 2.75) is 0 Å². The first-order valence-corrected chi connectivity index (χ1v) is 39.0. The summed E-state index contributed by atoms with van der Waals surface area (Å²) in [5.41, 5.74) is 30.9. The third-order valence-corrected chi connectivity index (χ3v) is 24.3. The predicted molar refractivity (Wildman–Crippen MR) is 474 cm³/mol. The van der Waals surface area contributed by atoms with Crippen LogP contribution in [0.3, 0.4) is 0 Å². The summed E-state index contributed by atoms with van der Waals surface area (Å²) in [6.07, 6.45) is 0. The molecule has 0 fully saturated rings. The lowest BCUT2D eigenvalue weighted by Gasteiger charge is -2.13. The molecule has 8 nitrogen and oxygen atoms in total. The normalized spacial score (nSPS) is 12.2. The summed E-state index contributed by atoms with van der Waals surface area (Å²) in [6, 6.07) is 137. The Hall–Kier alpha value is -15.4. The fourth-order valence-electron chi connectivity index (χ4n) is 19.1. The Labute approximate surface area is 652 Å². The largest absolute Gasteiger partial charge is 0.308 e. The fourth-order valence-corrected chi connectivity index (χ4v) is 19.1. The van der Waals surface area contributed by atoms with Gasteiger partial charge in [-0.2, -0.15) is 0 Å². The van der Waals surface area contributed by atoms with Gasteiger partial charge in [0.05, 0.1) is 77.6 Å². The topological polar surface area (TPSA) is 70.2 Å². The van der Waals surface area contributed by atoms with Gasteiger partial charge in [0.25, 0.3) is 0 Å². The number of para-hydroxylation sites is 4. The molecular weight excluding hydrogens is 1390 g/mol. The average Bonchev–Trinajstić information content (AvgIpc) is 1.52. The van der Waals surface area contributed by atoms with Crippen LogP contribution >= 0.6 is 0 Å². The Morgan fingerprint density at radius 1 is 0.158 bits per heavy atom. The number of nitrogens with zero attached hydrogens (tertiary/aromatic N) is 8. The van der Waals surface area contributed by atoms with Crippen molar-refractivity contribution in [3.05, 3.63) is 376 Å². The van der Waals surface area contributed by atoms with Crippen molar-refractivity contribution in [3.8, 4) is 101 Å². The van der Waals surface area contributed by atoms with Crippen LogP contribution in [0.4, 0.5) is 0 Å². The van der Waals surface area contributed by atoms with Crippen molar-refractivity contribution in [1.29, 1.82) is 0 Å². The van der Waals surface area contributed by atoms with E-state index in [1.54, 1.807) is 0 Å². The van der Waals surface area contributed by atoms with Crippen LogP contribution in [0.5, 0.6) is 0 Å². The van der Waals surface area contributed by atoms with Gasteiger partial charge in [-0.3, -0.25) is 9.13 Å². The van der Waals surface area contributed by atoms with Crippen molar-refractivity contribution in [1.82, 2.24) is 37.9 Å². The monoisotopic (exact) mass is 1450 g/mol. The van der Waals surface area contributed by atoms with Crippen LogP contribution in [0.1, 0.15) is 0 Å². The number of rotatable bonds is 10. The molecule has 0 atom stereocenters. The number of aromatic nitrogens is 8. The van der Waals surface area contributed by atoms with Gasteiger partial charge in [0, 0.05) is 86.5 Å². The van der Waals surface area contributed by atoms with Crippen molar-refractivity contribution >= 4 is 142 Å². The minimum absolute atomic E-state index is 0.623. The molecule has 8 aromatic heterocycles. The molecule has 25 rings (SSSR count). The maximum Gasteiger partial charge on any atom is 0.235 e. The summed E-state index contributed by atoms with van der Waals surface area (Å²) >= 11 is 0. The Morgan fingerprint density at radius 3 is 0.860 bits per heavy atom. The fraction of sp³-hybridized carbons (Fsp3) is 0. The standard InChI is InChI=1S/C106H62N8/c1-5-21-63(22-6-1)73-51-55-91-85(57-73)97-95(61-83-77-53-49-75(64-23-7-2-8-24-64)59-93(77)111-89-35-19-15-31-81(89)99(97)103(83)111)114(91)106-108-88-34-18-14-30-80(88)102(110-106)72-47-45-69(46-48-72)67-39-37-66(38-40-67)68-41-43-70(44-42-68)74-52-56-92-86(58-74)98-96(113(92)105-107-87-33-17-13-29-79(87)101(109-105)71-27-11-4-12-28-71)62-84-78-54-50-76(65-25-9-3-10-26-65)60-94(78)112-90-36-20-16-32-82(90)100(98)104(84)112/h1-62H. The van der Waals surface area contributed by atoms with Gasteiger partial charge in [-0.25, -0.2) is 19.9 Å². The number of hydrogen-bond donors (Lipinski definition) is 0. The van der Waals surface area contributed by atoms with E-state index in [0.29, 0.717) is 11.9 Å². The summed E-state index contributed by atoms with van der Waals surface area (Å²) in [7, 11) is 0. The SMILES string of the molecule is c1ccc(-c2ccc3c(c2)c2c4c5ccccc5n5c6cc(-c7ccccc7)ccc6c(cc2n3-c2nc(-c3ccc(-c6ccc(-c7ccc(-c8ccc9c(c8)c8c%10c%11ccccc%11n%11c%12cc(-c%13ccccc%13)ccc%12c(cc8n9-c8nc(-c9ccccc9)c9ccccc9n8)c%10%11)cc7)cc6)cc3)c3ccccc3n2)c45)cc1. The van der Waals surface area contributed by atoms with E-state index in [2.05, 4.69) is 394 Å². The summed E-state index contributed by atoms with van der Waals surface area (Å²) < 4.78 is 9.66. The van der Waals surface area contributed by atoms with Crippen LogP contribution < -0.4 is 0 Å². The van der Waals surface area contributed by atoms with Gasteiger partial charge in [-0.05, 0) is 140 Å². The van der Waals surface area contributed by atoms with Gasteiger partial charge in [0.1, 0.15) is 0 Å². The van der Waals surface area contributed by atoms with E-state index in [1.165, 1.54) is 115 Å². The van der Waals surface area contributed by atoms with Crippen molar-refractivity contribution < 1.29 is 0 Å². The van der Waals surface area contributed by atoms with E-state index in [0.717, 1.165) is 116 Å². The molecule has 0 saturated carbocycles. The molecule has 526 valence electrons. The lowest BCUT2D eigenvalue weighted by molar-refractivity contribution is 1.01. The van der Waals surface area contributed by atoms with Gasteiger partial charge in [0.2, 0.25) is 11.9 Å². The molecule has 8 heterocycles. The molecule has 25 aromatic rings. The molecule has 0 aliphatic heterocycles. The third kappa shape index (κ3) is 9.16. The Bertz CT molecular complexity index is 8290. The molecule has 8 heteroatoms. The van der Waals surface area contributed by atoms with Crippen LogP contribution in [-0.2, 0) is 0 Å². The number of fused-ring (bicyclic) bond motifs is 22. The Balaban J connectivity index is 0.584. The van der Waals surface area contributed by atoms with Gasteiger partial charge in [-0.1, -0.05) is 303 Å². The van der Waals surface area contributed by atoms with E-state index >= 15 is 0 Å². The van der Waals surface area contributed by atoms with Crippen LogP contribution in [-0.4, -0.2) is 37.9 Å². The van der Waals surface area contributed by atoms with Gasteiger partial charge in [0.15, 0.2) is 0 Å². The molecule has 0 bridgehead atoms. The lowest BCUT2D eigenvalue weighted by atomic mass is 9.96. The predicted octanol–water partition coefficient (Wildman–Crippen LogP) is 27.4. The minimum atomic E-state index is 0.623. The molecule has 17 aromatic carbocycles. The highest BCUT2D eigenvalue weighted by atomic mass is 15.2. The zero-order valence-corrected chi connectivity index (χ0v) is 61.4. The third-order valence-electron chi connectivity index (χ3n) is 24.3. The smallest absolute Gasteiger partial charge is 0.235 e. The van der Waals surface area contributed by atoms with E-state index in [-0.39, 0.29) is 0 Å². The van der Waals surface area contributed by atoms with Crippen molar-refractivity contribution in [2.75, 3.05) is 0 Å². The van der Waals surface area contributed by atoms with Crippen LogP contribution in [0, 0.1) is 0 Å². The molecule has 0 spiro atoms. The lowest BCUT2D eigenvalue weighted by Crippen LogP contribution is -2.03. The second-order valence-electron chi connectivity index (χ2n) is 30.4. The first-order valence-electron chi connectivity index (χ1n) is 39.0. The molecule has 0 radical (unpaired) electrons. The second kappa shape index (κ2) is 24.1. The Morgan fingerprint density at radius 2 is 0.456 bits per heavy atom. The molecule has 0 aliphatic carbocycles. The van der Waals surface area contributed by atoms with Crippen molar-refractivity contribution in [3.63, 3.8) is 0 Å². The van der Waals surface area contributed by atoms with Gasteiger partial charge < -0.3 is 8.80 Å².